The van der Waals surface area contributed by atoms with Crippen molar-refractivity contribution in [2.24, 2.45) is 0 Å². The quantitative estimate of drug-likeness (QED) is 0.526. The van der Waals surface area contributed by atoms with Crippen LogP contribution in [0.1, 0.15) is 15.9 Å². The lowest BCUT2D eigenvalue weighted by Crippen LogP contribution is -2.37. The minimum atomic E-state index is -0.442. The maximum Gasteiger partial charge on any atom is 0.293 e. The molecule has 0 unspecified atom stereocenters. The van der Waals surface area contributed by atoms with Crippen LogP contribution < -0.4 is 5.32 Å². The zero-order valence-corrected chi connectivity index (χ0v) is 18.7. The van der Waals surface area contributed by atoms with Gasteiger partial charge in [-0.3, -0.25) is 19.3 Å². The second kappa shape index (κ2) is 9.56. The van der Waals surface area contributed by atoms with E-state index in [0.717, 1.165) is 22.3 Å². The van der Waals surface area contributed by atoms with Crippen molar-refractivity contribution >= 4 is 58.1 Å². The molecule has 1 aromatic heterocycles. The van der Waals surface area contributed by atoms with E-state index in [9.17, 15) is 14.4 Å². The lowest BCUT2D eigenvalue weighted by atomic mass is 10.2. The van der Waals surface area contributed by atoms with Crippen LogP contribution in [0.15, 0.2) is 60.0 Å². The molecule has 0 spiro atoms. The van der Waals surface area contributed by atoms with Crippen molar-refractivity contribution < 1.29 is 14.4 Å². The first-order chi connectivity index (χ1) is 15.4. The Balaban J connectivity index is 1.35. The third-order valence-corrected chi connectivity index (χ3v) is 6.32. The normalized spacial score (nSPS) is 14.9. The standard InChI is InChI=1S/C21H15Cl2N5O3S/c22-16-3-1-2-14(18(16)23)10-17-20(30)27(21(31)32-17)9-8-25-19(29)13-4-6-15(7-5-13)28-12-24-11-26-28/h1-7,10-12H,8-9H2,(H,25,29). The van der Waals surface area contributed by atoms with Crippen molar-refractivity contribution in [2.75, 3.05) is 13.1 Å². The third-order valence-electron chi connectivity index (χ3n) is 4.58. The van der Waals surface area contributed by atoms with Crippen molar-refractivity contribution in [1.29, 1.82) is 0 Å². The molecular weight excluding hydrogens is 473 g/mol. The average molecular weight is 488 g/mol. The molecule has 11 heteroatoms. The Bertz CT molecular complexity index is 1210. The van der Waals surface area contributed by atoms with Gasteiger partial charge in [-0.25, -0.2) is 9.67 Å². The lowest BCUT2D eigenvalue weighted by Gasteiger charge is -2.13. The van der Waals surface area contributed by atoms with E-state index in [0.29, 0.717) is 21.2 Å². The summed E-state index contributed by atoms with van der Waals surface area (Å²) < 4.78 is 1.58. The van der Waals surface area contributed by atoms with E-state index in [1.165, 1.54) is 12.4 Å². The molecule has 1 N–H and O–H groups in total. The zero-order chi connectivity index (χ0) is 22.7. The van der Waals surface area contributed by atoms with E-state index >= 15 is 0 Å². The van der Waals surface area contributed by atoms with Crippen LogP contribution in [0.3, 0.4) is 0 Å². The number of nitrogens with zero attached hydrogens (tertiary/aromatic N) is 4. The number of rotatable bonds is 6. The summed E-state index contributed by atoms with van der Waals surface area (Å²) in [7, 11) is 0. The van der Waals surface area contributed by atoms with Crippen LogP contribution in [0.5, 0.6) is 0 Å². The van der Waals surface area contributed by atoms with Gasteiger partial charge in [0.25, 0.3) is 17.1 Å². The Morgan fingerprint density at radius 1 is 1.12 bits per heavy atom. The molecule has 0 bridgehead atoms. The number of carbonyl (C=O) groups is 3. The van der Waals surface area contributed by atoms with Gasteiger partial charge in [0, 0.05) is 18.7 Å². The summed E-state index contributed by atoms with van der Waals surface area (Å²) in [5, 5.41) is 7.00. The largest absolute Gasteiger partial charge is 0.350 e. The van der Waals surface area contributed by atoms with Crippen molar-refractivity contribution in [3.05, 3.63) is 81.2 Å². The van der Waals surface area contributed by atoms with Crippen LogP contribution >= 0.6 is 35.0 Å². The van der Waals surface area contributed by atoms with E-state index in [2.05, 4.69) is 15.4 Å². The predicted octanol–water partition coefficient (Wildman–Crippen LogP) is 4.04. The number of benzene rings is 2. The molecule has 8 nitrogen and oxygen atoms in total. The van der Waals surface area contributed by atoms with Crippen LogP contribution in [-0.4, -0.2) is 49.8 Å². The van der Waals surface area contributed by atoms with Crippen LogP contribution in [0.4, 0.5) is 4.79 Å². The topological polar surface area (TPSA) is 97.2 Å². The van der Waals surface area contributed by atoms with Gasteiger partial charge in [0.05, 0.1) is 20.6 Å². The van der Waals surface area contributed by atoms with Crippen LogP contribution in [0.25, 0.3) is 11.8 Å². The first kappa shape index (κ1) is 22.1. The van der Waals surface area contributed by atoms with E-state index in [-0.39, 0.29) is 23.9 Å². The summed E-state index contributed by atoms with van der Waals surface area (Å²) in [5.74, 6) is -0.758. The summed E-state index contributed by atoms with van der Waals surface area (Å²) in [6.07, 6.45) is 4.51. The van der Waals surface area contributed by atoms with Crippen LogP contribution in [-0.2, 0) is 4.79 Å². The minimum absolute atomic E-state index is 0.0497. The van der Waals surface area contributed by atoms with E-state index in [1.807, 2.05) is 0 Å². The number of imide groups is 1. The molecule has 3 amide bonds. The highest BCUT2D eigenvalue weighted by Crippen LogP contribution is 2.34. The molecule has 1 fully saturated rings. The van der Waals surface area contributed by atoms with Gasteiger partial charge in [-0.05, 0) is 53.7 Å². The second-order valence-corrected chi connectivity index (χ2v) is 8.40. The third kappa shape index (κ3) is 4.69. The Labute approximate surface area is 197 Å². The molecule has 32 heavy (non-hydrogen) atoms. The van der Waals surface area contributed by atoms with Gasteiger partial charge in [0.1, 0.15) is 12.7 Å². The van der Waals surface area contributed by atoms with Gasteiger partial charge < -0.3 is 5.32 Å². The highest BCUT2D eigenvalue weighted by atomic mass is 35.5. The summed E-state index contributed by atoms with van der Waals surface area (Å²) in [6.45, 7) is 0.168. The zero-order valence-electron chi connectivity index (χ0n) is 16.4. The summed E-state index contributed by atoms with van der Waals surface area (Å²) in [6, 6.07) is 11.8. The molecule has 162 valence electrons. The molecular formula is C21H15Cl2N5O3S. The summed E-state index contributed by atoms with van der Waals surface area (Å²) >= 11 is 13.0. The first-order valence-electron chi connectivity index (χ1n) is 9.36. The predicted molar refractivity (Wildman–Crippen MR) is 123 cm³/mol. The van der Waals surface area contributed by atoms with E-state index in [4.69, 9.17) is 23.2 Å². The molecule has 2 heterocycles. The molecule has 0 atom stereocenters. The Morgan fingerprint density at radius 3 is 2.62 bits per heavy atom. The van der Waals surface area contributed by atoms with Crippen molar-refractivity contribution in [3.8, 4) is 5.69 Å². The molecule has 2 aromatic carbocycles. The van der Waals surface area contributed by atoms with Crippen molar-refractivity contribution in [3.63, 3.8) is 0 Å². The van der Waals surface area contributed by atoms with Crippen molar-refractivity contribution in [1.82, 2.24) is 25.0 Å². The van der Waals surface area contributed by atoms with Gasteiger partial charge >= 0.3 is 0 Å². The highest BCUT2D eigenvalue weighted by molar-refractivity contribution is 8.18. The van der Waals surface area contributed by atoms with Gasteiger partial charge in [-0.2, -0.15) is 5.10 Å². The molecule has 0 aliphatic carbocycles. The average Bonchev–Trinajstić information content (AvgIpc) is 3.41. The number of halogens is 2. The molecule has 1 aliphatic rings. The molecule has 1 saturated heterocycles. The molecule has 4 rings (SSSR count). The lowest BCUT2D eigenvalue weighted by molar-refractivity contribution is -0.122. The molecule has 0 saturated carbocycles. The van der Waals surface area contributed by atoms with E-state index in [1.54, 1.807) is 53.5 Å². The molecule has 3 aromatic rings. The Hall–Kier alpha value is -3.14. The molecule has 0 radical (unpaired) electrons. The Kier molecular flexibility index (Phi) is 6.59. The summed E-state index contributed by atoms with van der Waals surface area (Å²) in [4.78, 5) is 42.5. The highest BCUT2D eigenvalue weighted by Gasteiger charge is 2.34. The maximum absolute atomic E-state index is 12.6. The van der Waals surface area contributed by atoms with Gasteiger partial charge in [-0.1, -0.05) is 35.3 Å². The van der Waals surface area contributed by atoms with Gasteiger partial charge in [0.15, 0.2) is 0 Å². The number of carbonyl (C=O) groups excluding carboxylic acids is 3. The molecule has 1 aliphatic heterocycles. The van der Waals surface area contributed by atoms with Gasteiger partial charge in [-0.15, -0.1) is 0 Å². The first-order valence-corrected chi connectivity index (χ1v) is 10.9. The van der Waals surface area contributed by atoms with Gasteiger partial charge in [0.2, 0.25) is 0 Å². The van der Waals surface area contributed by atoms with E-state index < -0.39 is 11.1 Å². The summed E-state index contributed by atoms with van der Waals surface area (Å²) in [5.41, 5.74) is 1.76. The number of hydrogen-bond donors (Lipinski definition) is 1. The SMILES string of the molecule is O=C(NCCN1C(=O)SC(=Cc2cccc(Cl)c2Cl)C1=O)c1ccc(-n2cncn2)cc1. The fourth-order valence-electron chi connectivity index (χ4n) is 2.96. The fraction of sp³-hybridized carbons (Fsp3) is 0.0952. The monoisotopic (exact) mass is 487 g/mol. The number of thioether (sulfide) groups is 1. The smallest absolute Gasteiger partial charge is 0.293 e. The second-order valence-electron chi connectivity index (χ2n) is 6.62. The number of hydrogen-bond acceptors (Lipinski definition) is 6. The maximum atomic E-state index is 12.6. The fourth-order valence-corrected chi connectivity index (χ4v) is 4.17. The van der Waals surface area contributed by atoms with Crippen LogP contribution in [0, 0.1) is 0 Å². The number of aromatic nitrogens is 3. The number of nitrogens with one attached hydrogen (secondary N) is 1. The minimum Gasteiger partial charge on any atom is -0.350 e. The number of amides is 3. The Morgan fingerprint density at radius 2 is 1.91 bits per heavy atom. The van der Waals surface area contributed by atoms with Crippen molar-refractivity contribution in [2.45, 2.75) is 0 Å². The van der Waals surface area contributed by atoms with Crippen LogP contribution in [0.2, 0.25) is 10.0 Å².